The number of benzene rings is 1. The molecule has 2 heterocycles. The van der Waals surface area contributed by atoms with Gasteiger partial charge in [0.05, 0.1) is 11.6 Å². The zero-order valence-electron chi connectivity index (χ0n) is 15.9. The van der Waals surface area contributed by atoms with E-state index in [0.29, 0.717) is 40.1 Å². The molecule has 2 atom stereocenters. The summed E-state index contributed by atoms with van der Waals surface area (Å²) in [5, 5.41) is 4.34. The van der Waals surface area contributed by atoms with E-state index < -0.39 is 0 Å². The topological polar surface area (TPSA) is 63.7 Å². The third kappa shape index (κ3) is 5.53. The molecule has 1 aromatic carbocycles. The third-order valence-electron chi connectivity index (χ3n) is 5.35. The third-order valence-corrected chi connectivity index (χ3v) is 5.83. The number of hydrogen-bond donors (Lipinski definition) is 1. The predicted octanol–water partition coefficient (Wildman–Crippen LogP) is 3.28. The van der Waals surface area contributed by atoms with Gasteiger partial charge in [-0.2, -0.15) is 0 Å². The van der Waals surface area contributed by atoms with Crippen LogP contribution in [0.15, 0.2) is 42.6 Å². The Balaban J connectivity index is 1.08. The molecule has 154 valence electrons. The van der Waals surface area contributed by atoms with Gasteiger partial charge in [0, 0.05) is 43.0 Å². The highest BCUT2D eigenvalue weighted by molar-refractivity contribution is 6.30. The van der Waals surface area contributed by atoms with Crippen LogP contribution in [-0.2, 0) is 4.79 Å². The summed E-state index contributed by atoms with van der Waals surface area (Å²) in [5.74, 6) is 2.27. The molecule has 2 aromatic rings. The van der Waals surface area contributed by atoms with Crippen LogP contribution in [0.3, 0.4) is 0 Å². The van der Waals surface area contributed by atoms with E-state index in [0.717, 1.165) is 26.1 Å². The molecule has 2 fully saturated rings. The Morgan fingerprint density at radius 3 is 2.48 bits per heavy atom. The molecule has 8 heteroatoms. The van der Waals surface area contributed by atoms with Crippen molar-refractivity contribution in [2.24, 2.45) is 11.8 Å². The number of hydrogen-bond acceptors (Lipinski definition) is 5. The molecule has 2 unspecified atom stereocenters. The summed E-state index contributed by atoms with van der Waals surface area (Å²) in [4.78, 5) is 18.7. The van der Waals surface area contributed by atoms with Crippen LogP contribution >= 0.6 is 23.2 Å². The van der Waals surface area contributed by atoms with Gasteiger partial charge in [0.2, 0.25) is 5.88 Å². The Labute approximate surface area is 180 Å². The van der Waals surface area contributed by atoms with E-state index in [1.807, 2.05) is 0 Å². The van der Waals surface area contributed by atoms with E-state index in [9.17, 15) is 4.79 Å². The lowest BCUT2D eigenvalue weighted by Gasteiger charge is -2.19. The molecule has 1 aromatic heterocycles. The molecule has 29 heavy (non-hydrogen) atoms. The first-order valence-electron chi connectivity index (χ1n) is 9.73. The van der Waals surface area contributed by atoms with Crippen molar-refractivity contribution in [1.29, 1.82) is 0 Å². The minimum absolute atomic E-state index is 0.0252. The van der Waals surface area contributed by atoms with Crippen molar-refractivity contribution < 1.29 is 14.3 Å². The Hall–Kier alpha value is -2.02. The van der Waals surface area contributed by atoms with Crippen LogP contribution in [0.5, 0.6) is 11.6 Å². The Kier molecular flexibility index (Phi) is 6.43. The van der Waals surface area contributed by atoms with Gasteiger partial charge in [0.25, 0.3) is 5.91 Å². The van der Waals surface area contributed by atoms with Gasteiger partial charge < -0.3 is 19.7 Å². The first kappa shape index (κ1) is 20.3. The molecule has 1 aliphatic carbocycles. The highest BCUT2D eigenvalue weighted by Gasteiger charge is 2.56. The van der Waals surface area contributed by atoms with Crippen molar-refractivity contribution in [2.45, 2.75) is 12.5 Å². The van der Waals surface area contributed by atoms with Crippen LogP contribution in [0.4, 0.5) is 0 Å². The van der Waals surface area contributed by atoms with Crippen molar-refractivity contribution in [2.75, 3.05) is 32.8 Å². The maximum Gasteiger partial charge on any atom is 0.258 e. The highest BCUT2D eigenvalue weighted by Crippen LogP contribution is 2.45. The van der Waals surface area contributed by atoms with Crippen molar-refractivity contribution in [3.05, 3.63) is 52.6 Å². The smallest absolute Gasteiger partial charge is 0.258 e. The number of ether oxygens (including phenoxy) is 2. The Morgan fingerprint density at radius 2 is 1.79 bits per heavy atom. The fraction of sp³-hybridized carbons (Fsp3) is 0.429. The van der Waals surface area contributed by atoms with Crippen LogP contribution in [0.25, 0.3) is 0 Å². The molecule has 2 aliphatic rings. The first-order valence-corrected chi connectivity index (χ1v) is 10.5. The molecule has 1 saturated heterocycles. The van der Waals surface area contributed by atoms with Crippen LogP contribution in [-0.4, -0.2) is 54.7 Å². The lowest BCUT2D eigenvalue weighted by atomic mass is 10.3. The van der Waals surface area contributed by atoms with Gasteiger partial charge in [0.15, 0.2) is 6.61 Å². The summed E-state index contributed by atoms with van der Waals surface area (Å²) in [6, 6.07) is 10.8. The average Bonchev–Trinajstić information content (AvgIpc) is 3.15. The number of carbonyl (C=O) groups excluding carboxylic acids is 1. The highest BCUT2D eigenvalue weighted by atomic mass is 35.5. The number of nitrogens with one attached hydrogen (secondary N) is 1. The molecular weight excluding hydrogens is 413 g/mol. The van der Waals surface area contributed by atoms with Gasteiger partial charge in [-0.3, -0.25) is 4.79 Å². The van der Waals surface area contributed by atoms with E-state index >= 15 is 0 Å². The number of rotatable bonds is 9. The molecule has 1 N–H and O–H groups in total. The second-order valence-corrected chi connectivity index (χ2v) is 8.31. The zero-order valence-corrected chi connectivity index (χ0v) is 17.4. The van der Waals surface area contributed by atoms with E-state index in [1.165, 1.54) is 0 Å². The summed E-state index contributed by atoms with van der Waals surface area (Å²) >= 11 is 11.6. The first-order chi connectivity index (χ1) is 14.1. The molecule has 0 bridgehead atoms. The molecule has 6 nitrogen and oxygen atoms in total. The van der Waals surface area contributed by atoms with E-state index in [-0.39, 0.29) is 18.6 Å². The monoisotopic (exact) mass is 435 g/mol. The lowest BCUT2D eigenvalue weighted by Crippen LogP contribution is -2.37. The molecular formula is C21H23Cl2N3O3. The van der Waals surface area contributed by atoms with Gasteiger partial charge in [-0.05, 0) is 48.6 Å². The van der Waals surface area contributed by atoms with E-state index in [1.54, 1.807) is 42.6 Å². The maximum absolute atomic E-state index is 12.1. The van der Waals surface area contributed by atoms with Crippen molar-refractivity contribution in [1.82, 2.24) is 15.2 Å². The summed E-state index contributed by atoms with van der Waals surface area (Å²) < 4.78 is 11.1. The minimum atomic E-state index is -0.0743. The van der Waals surface area contributed by atoms with Gasteiger partial charge in [0.1, 0.15) is 5.75 Å². The summed E-state index contributed by atoms with van der Waals surface area (Å²) in [6.07, 6.45) is 2.52. The number of carbonyl (C=O) groups is 1. The fourth-order valence-corrected chi connectivity index (χ4v) is 4.07. The standard InChI is InChI=1S/C21H23Cl2N3O3/c22-14-2-5-16(6-3-14)29-13-19(27)25-21-17-11-26(12-18(17)21)8-1-9-28-20-7-4-15(23)10-24-20/h2-7,10,17-18,21H,1,8-9,11-13H2,(H,25,27). The predicted molar refractivity (Wildman–Crippen MR) is 112 cm³/mol. The minimum Gasteiger partial charge on any atom is -0.484 e. The number of amides is 1. The van der Waals surface area contributed by atoms with Crippen LogP contribution in [0, 0.1) is 11.8 Å². The van der Waals surface area contributed by atoms with Crippen LogP contribution in [0.1, 0.15) is 6.42 Å². The molecule has 1 saturated carbocycles. The molecule has 0 radical (unpaired) electrons. The number of halogens is 2. The largest absolute Gasteiger partial charge is 0.484 e. The normalized spacial score (nSPS) is 22.8. The second kappa shape index (κ2) is 9.20. The zero-order chi connectivity index (χ0) is 20.2. The summed E-state index contributed by atoms with van der Waals surface area (Å²) in [7, 11) is 0. The number of likely N-dealkylation sites (tertiary alicyclic amines) is 1. The van der Waals surface area contributed by atoms with Gasteiger partial charge >= 0.3 is 0 Å². The Morgan fingerprint density at radius 1 is 1.07 bits per heavy atom. The van der Waals surface area contributed by atoms with Crippen molar-refractivity contribution in [3.63, 3.8) is 0 Å². The van der Waals surface area contributed by atoms with Crippen molar-refractivity contribution in [3.8, 4) is 11.6 Å². The quantitative estimate of drug-likeness (QED) is 0.612. The lowest BCUT2D eigenvalue weighted by molar-refractivity contribution is -0.123. The van der Waals surface area contributed by atoms with Gasteiger partial charge in [-0.15, -0.1) is 0 Å². The van der Waals surface area contributed by atoms with Gasteiger partial charge in [-0.25, -0.2) is 4.98 Å². The number of fused-ring (bicyclic) bond motifs is 1. The molecule has 4 rings (SSSR count). The number of nitrogens with zero attached hydrogens (tertiary/aromatic N) is 2. The average molecular weight is 436 g/mol. The summed E-state index contributed by atoms with van der Waals surface area (Å²) in [6.45, 7) is 3.68. The van der Waals surface area contributed by atoms with Gasteiger partial charge in [-0.1, -0.05) is 23.2 Å². The van der Waals surface area contributed by atoms with E-state index in [2.05, 4.69) is 15.2 Å². The molecule has 1 aliphatic heterocycles. The molecule has 0 spiro atoms. The van der Waals surface area contributed by atoms with Crippen LogP contribution in [0.2, 0.25) is 10.0 Å². The second-order valence-electron chi connectivity index (χ2n) is 7.44. The van der Waals surface area contributed by atoms with Crippen molar-refractivity contribution >= 4 is 29.1 Å². The number of piperidine rings is 1. The van der Waals surface area contributed by atoms with E-state index in [4.69, 9.17) is 32.7 Å². The Bertz CT molecular complexity index is 820. The SMILES string of the molecule is O=C(COc1ccc(Cl)cc1)NC1C2CN(CCCOc3ccc(Cl)cn3)CC21. The van der Waals surface area contributed by atoms with Crippen LogP contribution < -0.4 is 14.8 Å². The number of pyridine rings is 1. The summed E-state index contributed by atoms with van der Waals surface area (Å²) in [5.41, 5.74) is 0. The maximum atomic E-state index is 12.1. The fourth-order valence-electron chi connectivity index (χ4n) is 3.83. The number of aromatic nitrogens is 1. The molecule has 1 amide bonds.